The van der Waals surface area contributed by atoms with Gasteiger partial charge in [0.25, 0.3) is 5.91 Å². The van der Waals surface area contributed by atoms with Crippen molar-refractivity contribution in [3.63, 3.8) is 0 Å². The minimum Gasteiger partial charge on any atom is -0.490 e. The number of rotatable bonds is 6. The number of esters is 1. The summed E-state index contributed by atoms with van der Waals surface area (Å²) in [6.45, 7) is 7.73. The Labute approximate surface area is 215 Å². The van der Waals surface area contributed by atoms with Gasteiger partial charge >= 0.3 is 11.7 Å². The van der Waals surface area contributed by atoms with Crippen molar-refractivity contribution in [1.29, 1.82) is 0 Å². The number of nitrogens with zero attached hydrogens (tertiary/aromatic N) is 2. The van der Waals surface area contributed by atoms with Crippen LogP contribution in [-0.2, 0) is 22.4 Å². The third kappa shape index (κ3) is 5.40. The number of methoxy groups -OCH3 is 1. The number of aromatic nitrogens is 1. The normalized spacial score (nSPS) is 15.1. The van der Waals surface area contributed by atoms with Gasteiger partial charge in [-0.15, -0.1) is 0 Å². The monoisotopic (exact) mass is 505 g/mol. The van der Waals surface area contributed by atoms with Gasteiger partial charge in [0.1, 0.15) is 0 Å². The fraction of sp³-hybridized carbons (Fsp3) is 0.393. The number of nitrogens with one attached hydrogen (secondary N) is 1. The van der Waals surface area contributed by atoms with Crippen LogP contribution < -0.4 is 10.1 Å². The van der Waals surface area contributed by atoms with Crippen LogP contribution in [-0.4, -0.2) is 35.5 Å². The summed E-state index contributed by atoms with van der Waals surface area (Å²) in [6, 6.07) is 10.2. The maximum atomic E-state index is 13.4. The number of para-hydroxylation sites is 1. The van der Waals surface area contributed by atoms with Gasteiger partial charge in [-0.25, -0.2) is 4.79 Å². The van der Waals surface area contributed by atoms with Crippen molar-refractivity contribution < 1.29 is 24.0 Å². The number of hydrogen-bond acceptors (Lipinski definition) is 7. The van der Waals surface area contributed by atoms with E-state index >= 15 is 0 Å². The van der Waals surface area contributed by atoms with E-state index in [1.165, 1.54) is 19.2 Å². The van der Waals surface area contributed by atoms with Crippen molar-refractivity contribution in [2.24, 2.45) is 11.3 Å². The average Bonchev–Trinajstić information content (AvgIpc) is 2.85. The van der Waals surface area contributed by atoms with Gasteiger partial charge in [0.2, 0.25) is 0 Å². The zero-order chi connectivity index (χ0) is 26.9. The van der Waals surface area contributed by atoms with E-state index in [4.69, 9.17) is 14.5 Å². The second-order valence-corrected chi connectivity index (χ2v) is 10.5. The molecule has 1 aliphatic rings. The quantitative estimate of drug-likeness (QED) is 0.270. The molecular formula is C28H31N3O6. The lowest BCUT2D eigenvalue weighted by atomic mass is 9.70. The minimum atomic E-state index is -0.572. The molecule has 0 unspecified atom stereocenters. The Hall–Kier alpha value is -4.01. The smallest absolute Gasteiger partial charge is 0.339 e. The molecular weight excluding hydrogens is 474 g/mol. The first-order chi connectivity index (χ1) is 17.5. The lowest BCUT2D eigenvalue weighted by Gasteiger charge is -2.35. The molecule has 9 nitrogen and oxygen atoms in total. The number of anilines is 1. The van der Waals surface area contributed by atoms with E-state index in [0.29, 0.717) is 28.1 Å². The summed E-state index contributed by atoms with van der Waals surface area (Å²) in [5, 5.41) is 14.6. The van der Waals surface area contributed by atoms with Gasteiger partial charge in [0, 0.05) is 28.9 Å². The summed E-state index contributed by atoms with van der Waals surface area (Å²) in [5.74, 6) is -0.728. The number of benzene rings is 2. The molecule has 0 fully saturated rings. The van der Waals surface area contributed by atoms with Crippen molar-refractivity contribution in [2.45, 2.75) is 47.0 Å². The van der Waals surface area contributed by atoms with Crippen LogP contribution in [0, 0.1) is 28.4 Å². The average molecular weight is 506 g/mol. The number of fused-ring (bicyclic) bond motifs is 2. The number of pyridine rings is 1. The summed E-state index contributed by atoms with van der Waals surface area (Å²) in [4.78, 5) is 41.6. The van der Waals surface area contributed by atoms with Crippen LogP contribution in [0.5, 0.6) is 5.75 Å². The summed E-state index contributed by atoms with van der Waals surface area (Å²) in [7, 11) is 1.31. The lowest BCUT2D eigenvalue weighted by Crippen LogP contribution is -2.29. The van der Waals surface area contributed by atoms with Crippen molar-refractivity contribution in [3.8, 4) is 5.75 Å². The number of ether oxygens (including phenoxy) is 2. The second-order valence-electron chi connectivity index (χ2n) is 10.5. The Morgan fingerprint density at radius 2 is 1.95 bits per heavy atom. The van der Waals surface area contributed by atoms with Crippen molar-refractivity contribution in [2.75, 3.05) is 19.0 Å². The highest BCUT2D eigenvalue weighted by Crippen LogP contribution is 2.39. The topological polar surface area (TPSA) is 121 Å². The van der Waals surface area contributed by atoms with Gasteiger partial charge < -0.3 is 14.8 Å². The van der Waals surface area contributed by atoms with Gasteiger partial charge in [-0.05, 0) is 54.7 Å². The molecule has 194 valence electrons. The molecule has 1 atom stereocenters. The highest BCUT2D eigenvalue weighted by atomic mass is 16.6. The maximum Gasteiger partial charge on any atom is 0.339 e. The largest absolute Gasteiger partial charge is 0.490 e. The molecule has 1 N–H and O–H groups in total. The number of carbonyl (C=O) groups excluding carboxylic acids is 2. The second kappa shape index (κ2) is 10.2. The predicted molar refractivity (Wildman–Crippen MR) is 140 cm³/mol. The Balaban J connectivity index is 1.57. The molecule has 0 saturated heterocycles. The number of nitro benzene ring substituents is 1. The molecule has 1 heterocycles. The Bertz CT molecular complexity index is 1390. The van der Waals surface area contributed by atoms with E-state index in [1.54, 1.807) is 6.92 Å². The third-order valence-corrected chi connectivity index (χ3v) is 7.02. The molecule has 4 rings (SSSR count). The first kappa shape index (κ1) is 26.1. The highest BCUT2D eigenvalue weighted by Gasteiger charge is 2.33. The molecule has 2 aromatic carbocycles. The van der Waals surface area contributed by atoms with Gasteiger partial charge in [-0.1, -0.05) is 39.0 Å². The van der Waals surface area contributed by atoms with E-state index < -0.39 is 23.4 Å². The van der Waals surface area contributed by atoms with Crippen molar-refractivity contribution in [3.05, 3.63) is 68.9 Å². The van der Waals surface area contributed by atoms with E-state index in [0.717, 1.165) is 36.0 Å². The van der Waals surface area contributed by atoms with Crippen LogP contribution in [0.4, 0.5) is 11.4 Å². The number of aryl methyl sites for hydroxylation is 2. The molecule has 1 aliphatic carbocycles. The molecule has 0 radical (unpaired) electrons. The predicted octanol–water partition coefficient (Wildman–Crippen LogP) is 5.41. The molecule has 0 spiro atoms. The standard InChI is InChI=1S/C28H31N3O6/c1-16-12-23(31(34)35)24(36-5)14-22(16)30-25(32)15-37-27(33)26-18-8-6-7-9-20(18)29-21-11-10-17(13-19(21)26)28(2,3)4/h6-9,12,14,17H,10-11,13,15H2,1-5H3,(H,30,32)/t17-/m1/s1. The van der Waals surface area contributed by atoms with Crippen LogP contribution in [0.2, 0.25) is 0 Å². The minimum absolute atomic E-state index is 0.0196. The Morgan fingerprint density at radius 3 is 2.62 bits per heavy atom. The van der Waals surface area contributed by atoms with Crippen LogP contribution in [0.3, 0.4) is 0 Å². The zero-order valence-electron chi connectivity index (χ0n) is 21.7. The number of nitro groups is 1. The third-order valence-electron chi connectivity index (χ3n) is 7.02. The van der Waals surface area contributed by atoms with Crippen LogP contribution in [0.25, 0.3) is 10.9 Å². The maximum absolute atomic E-state index is 13.4. The van der Waals surface area contributed by atoms with Crippen LogP contribution in [0.15, 0.2) is 36.4 Å². The first-order valence-electron chi connectivity index (χ1n) is 12.2. The van der Waals surface area contributed by atoms with Crippen molar-refractivity contribution >= 4 is 34.2 Å². The van der Waals surface area contributed by atoms with E-state index in [-0.39, 0.29) is 16.9 Å². The highest BCUT2D eigenvalue weighted by molar-refractivity contribution is 6.06. The van der Waals surface area contributed by atoms with E-state index in [1.807, 2.05) is 24.3 Å². The summed E-state index contributed by atoms with van der Waals surface area (Å²) in [5.41, 5.74) is 3.69. The fourth-order valence-corrected chi connectivity index (χ4v) is 4.86. The van der Waals surface area contributed by atoms with Gasteiger partial charge in [0.15, 0.2) is 12.4 Å². The molecule has 0 bridgehead atoms. The fourth-order valence-electron chi connectivity index (χ4n) is 4.86. The van der Waals surface area contributed by atoms with Gasteiger partial charge in [0.05, 0.1) is 23.1 Å². The molecule has 0 aliphatic heterocycles. The molecule has 3 aromatic rings. The van der Waals surface area contributed by atoms with Gasteiger partial charge in [-0.3, -0.25) is 19.9 Å². The van der Waals surface area contributed by atoms with E-state index in [9.17, 15) is 19.7 Å². The number of carbonyl (C=O) groups is 2. The first-order valence-corrected chi connectivity index (χ1v) is 12.2. The SMILES string of the molecule is COc1cc(NC(=O)COC(=O)c2c3c(nc4ccccc24)CC[C@@H](C(C)(C)C)C3)c(C)cc1[N+](=O)[O-]. The molecule has 1 amide bonds. The summed E-state index contributed by atoms with van der Waals surface area (Å²) in [6.07, 6.45) is 2.50. The van der Waals surface area contributed by atoms with Crippen LogP contribution in [0.1, 0.15) is 54.4 Å². The molecule has 0 saturated carbocycles. The Morgan fingerprint density at radius 1 is 1.22 bits per heavy atom. The molecule has 9 heteroatoms. The lowest BCUT2D eigenvalue weighted by molar-refractivity contribution is -0.385. The number of amides is 1. The number of hydrogen-bond donors (Lipinski definition) is 1. The van der Waals surface area contributed by atoms with E-state index in [2.05, 4.69) is 26.1 Å². The molecule has 1 aromatic heterocycles. The van der Waals surface area contributed by atoms with Crippen molar-refractivity contribution in [1.82, 2.24) is 4.98 Å². The summed E-state index contributed by atoms with van der Waals surface area (Å²) >= 11 is 0. The van der Waals surface area contributed by atoms with Gasteiger partial charge in [-0.2, -0.15) is 0 Å². The summed E-state index contributed by atoms with van der Waals surface area (Å²) < 4.78 is 10.6. The zero-order valence-corrected chi connectivity index (χ0v) is 21.7. The molecule has 37 heavy (non-hydrogen) atoms. The van der Waals surface area contributed by atoms with Crippen LogP contribution >= 0.6 is 0 Å². The Kier molecular flexibility index (Phi) is 7.16.